The number of carbonyl (C=O) groups excluding carboxylic acids is 3. The molecule has 0 saturated heterocycles. The number of carbonyl (C=O) groups is 3. The predicted octanol–water partition coefficient (Wildman–Crippen LogP) is 5.35. The SMILES string of the molecule is C=CC(NC(=O)c1ccc(Cc2nc(C(=O)C(CCCCN)NC(=O)OCc3ccccc3)no2)cc1)c1ccccc1.Cl. The molecule has 4 aromatic rings. The fraction of sp³-hybridized carbons (Fsp3) is 0.242. The zero-order valence-electron chi connectivity index (χ0n) is 24.2. The van der Waals surface area contributed by atoms with Gasteiger partial charge in [-0.25, -0.2) is 4.79 Å². The van der Waals surface area contributed by atoms with Crippen molar-refractivity contribution in [1.82, 2.24) is 20.8 Å². The standard InChI is InChI=1S/C33H35N5O5.ClH/c1-2-27(25-13-7-4-8-14-25)35-32(40)26-18-16-23(17-19-26)21-29-37-31(38-43-29)30(39)28(15-9-10-20-34)36-33(41)42-22-24-11-5-3-6-12-24;/h2-8,11-14,16-19,27-28H,1,9-10,15,20-22,34H2,(H,35,40)(H,36,41);1H. The van der Waals surface area contributed by atoms with Crippen LogP contribution in [0.1, 0.15) is 68.9 Å². The molecule has 0 aliphatic carbocycles. The van der Waals surface area contributed by atoms with Gasteiger partial charge in [0.05, 0.1) is 18.5 Å². The Morgan fingerprint density at radius 2 is 1.59 bits per heavy atom. The Labute approximate surface area is 262 Å². The lowest BCUT2D eigenvalue weighted by atomic mass is 10.0. The van der Waals surface area contributed by atoms with E-state index in [1.807, 2.05) is 60.7 Å². The van der Waals surface area contributed by atoms with Gasteiger partial charge in [-0.05, 0) is 54.6 Å². The largest absolute Gasteiger partial charge is 0.445 e. The second-order valence-corrected chi connectivity index (χ2v) is 9.89. The van der Waals surface area contributed by atoms with Crippen LogP contribution < -0.4 is 16.4 Å². The first kappa shape index (κ1) is 33.7. The van der Waals surface area contributed by atoms with E-state index in [4.69, 9.17) is 15.0 Å². The van der Waals surface area contributed by atoms with E-state index in [1.165, 1.54) is 0 Å². The van der Waals surface area contributed by atoms with E-state index in [1.54, 1.807) is 30.3 Å². The molecule has 230 valence electrons. The van der Waals surface area contributed by atoms with Gasteiger partial charge in [0.1, 0.15) is 6.61 Å². The highest BCUT2D eigenvalue weighted by Gasteiger charge is 2.27. The number of hydrogen-bond donors (Lipinski definition) is 3. The molecule has 4 N–H and O–H groups in total. The van der Waals surface area contributed by atoms with Gasteiger partial charge in [-0.15, -0.1) is 19.0 Å². The molecule has 0 saturated carbocycles. The van der Waals surface area contributed by atoms with Gasteiger partial charge < -0.3 is 25.6 Å². The number of ketones is 1. The number of amides is 2. The molecule has 10 nitrogen and oxygen atoms in total. The number of aromatic nitrogens is 2. The van der Waals surface area contributed by atoms with Crippen LogP contribution in [0.3, 0.4) is 0 Å². The van der Waals surface area contributed by atoms with E-state index in [9.17, 15) is 14.4 Å². The number of nitrogens with zero attached hydrogens (tertiary/aromatic N) is 2. The summed E-state index contributed by atoms with van der Waals surface area (Å²) in [4.78, 5) is 42.7. The zero-order chi connectivity index (χ0) is 30.4. The molecule has 1 aromatic heterocycles. The van der Waals surface area contributed by atoms with E-state index in [0.29, 0.717) is 31.4 Å². The monoisotopic (exact) mass is 617 g/mol. The lowest BCUT2D eigenvalue weighted by molar-refractivity contribution is 0.0896. The van der Waals surface area contributed by atoms with Crippen LogP contribution in [-0.2, 0) is 17.8 Å². The van der Waals surface area contributed by atoms with Crippen molar-refractivity contribution in [2.45, 2.75) is 44.4 Å². The Balaban J connectivity index is 0.00000529. The molecule has 1 heterocycles. The van der Waals surface area contributed by atoms with Crippen molar-refractivity contribution in [3.8, 4) is 0 Å². The topological polar surface area (TPSA) is 149 Å². The highest BCUT2D eigenvalue weighted by atomic mass is 35.5. The van der Waals surface area contributed by atoms with E-state index < -0.39 is 17.9 Å². The first-order valence-electron chi connectivity index (χ1n) is 14.1. The van der Waals surface area contributed by atoms with Gasteiger partial charge >= 0.3 is 6.09 Å². The second-order valence-electron chi connectivity index (χ2n) is 9.89. The van der Waals surface area contributed by atoms with E-state index in [-0.39, 0.29) is 49.1 Å². The smallest absolute Gasteiger partial charge is 0.408 e. The summed E-state index contributed by atoms with van der Waals surface area (Å²) in [5, 5.41) is 9.45. The van der Waals surface area contributed by atoms with Crippen molar-refractivity contribution < 1.29 is 23.6 Å². The number of alkyl carbamates (subject to hydrolysis) is 1. The number of unbranched alkanes of at least 4 members (excludes halogenated alkanes) is 1. The van der Waals surface area contributed by atoms with Crippen LogP contribution in [0.25, 0.3) is 0 Å². The summed E-state index contributed by atoms with van der Waals surface area (Å²) < 4.78 is 10.6. The fourth-order valence-electron chi connectivity index (χ4n) is 4.36. The van der Waals surface area contributed by atoms with E-state index in [0.717, 1.165) is 16.7 Å². The van der Waals surface area contributed by atoms with Crippen LogP contribution >= 0.6 is 12.4 Å². The number of benzene rings is 3. The maximum atomic E-state index is 13.2. The third-order valence-electron chi connectivity index (χ3n) is 6.71. The summed E-state index contributed by atoms with van der Waals surface area (Å²) >= 11 is 0. The Bertz CT molecular complexity index is 1500. The van der Waals surface area contributed by atoms with Crippen molar-refractivity contribution in [2.75, 3.05) is 6.54 Å². The minimum Gasteiger partial charge on any atom is -0.445 e. The van der Waals surface area contributed by atoms with Crippen LogP contribution in [0, 0.1) is 0 Å². The second kappa shape index (κ2) is 17.3. The Kier molecular flexibility index (Phi) is 13.3. The number of Topliss-reactive ketones (excluding diaryl/α,β-unsaturated/α-hetero) is 1. The molecule has 4 rings (SSSR count). The minimum atomic E-state index is -0.895. The molecular weight excluding hydrogens is 582 g/mol. The lowest BCUT2D eigenvalue weighted by Crippen LogP contribution is -2.41. The fourth-order valence-corrected chi connectivity index (χ4v) is 4.36. The molecule has 0 aliphatic rings. The van der Waals surface area contributed by atoms with Crippen LogP contribution in [-0.4, -0.2) is 40.5 Å². The zero-order valence-corrected chi connectivity index (χ0v) is 25.0. The maximum absolute atomic E-state index is 13.2. The third kappa shape index (κ3) is 9.89. The van der Waals surface area contributed by atoms with Crippen LogP contribution in [0.4, 0.5) is 4.79 Å². The van der Waals surface area contributed by atoms with E-state index >= 15 is 0 Å². The van der Waals surface area contributed by atoms with E-state index in [2.05, 4.69) is 27.4 Å². The van der Waals surface area contributed by atoms with Crippen molar-refractivity contribution in [1.29, 1.82) is 0 Å². The van der Waals surface area contributed by atoms with Gasteiger partial charge in [-0.1, -0.05) is 84.0 Å². The first-order valence-corrected chi connectivity index (χ1v) is 14.1. The molecule has 2 unspecified atom stereocenters. The number of rotatable bonds is 15. The average Bonchev–Trinajstić information content (AvgIpc) is 3.51. The Hall–Kier alpha value is -4.80. The van der Waals surface area contributed by atoms with Crippen LogP contribution in [0.5, 0.6) is 0 Å². The first-order chi connectivity index (χ1) is 21.0. The maximum Gasteiger partial charge on any atom is 0.408 e. The van der Waals surface area contributed by atoms with Gasteiger partial charge in [-0.2, -0.15) is 4.98 Å². The molecule has 3 aromatic carbocycles. The molecule has 11 heteroatoms. The van der Waals surface area contributed by atoms with Gasteiger partial charge in [0.15, 0.2) is 0 Å². The molecular formula is C33H36ClN5O5. The average molecular weight is 618 g/mol. The Morgan fingerprint density at radius 1 is 0.909 bits per heavy atom. The van der Waals surface area contributed by atoms with Crippen LogP contribution in [0.2, 0.25) is 0 Å². The summed E-state index contributed by atoms with van der Waals surface area (Å²) in [7, 11) is 0. The summed E-state index contributed by atoms with van der Waals surface area (Å²) in [6.07, 6.45) is 2.88. The number of hydrogen-bond acceptors (Lipinski definition) is 8. The molecule has 44 heavy (non-hydrogen) atoms. The quantitative estimate of drug-likeness (QED) is 0.0918. The third-order valence-corrected chi connectivity index (χ3v) is 6.71. The van der Waals surface area contributed by atoms with Crippen molar-refractivity contribution in [2.24, 2.45) is 5.73 Å². The highest BCUT2D eigenvalue weighted by molar-refractivity contribution is 5.98. The highest BCUT2D eigenvalue weighted by Crippen LogP contribution is 2.16. The number of halogens is 1. The molecule has 0 radical (unpaired) electrons. The van der Waals surface area contributed by atoms with Gasteiger partial charge in [0.25, 0.3) is 5.91 Å². The molecule has 0 fully saturated rings. The minimum absolute atomic E-state index is 0. The number of nitrogens with two attached hydrogens (primary N) is 1. The summed E-state index contributed by atoms with van der Waals surface area (Å²) in [5.74, 6) is -0.625. The lowest BCUT2D eigenvalue weighted by Gasteiger charge is -2.16. The number of nitrogens with one attached hydrogen (secondary N) is 2. The van der Waals surface area contributed by atoms with Crippen molar-refractivity contribution >= 4 is 30.2 Å². The Morgan fingerprint density at radius 3 is 2.25 bits per heavy atom. The van der Waals surface area contributed by atoms with Gasteiger partial charge in [0.2, 0.25) is 17.5 Å². The number of ether oxygens (including phenoxy) is 1. The van der Waals surface area contributed by atoms with Crippen molar-refractivity contribution in [3.63, 3.8) is 0 Å². The summed E-state index contributed by atoms with van der Waals surface area (Å²) in [5.41, 5.74) is 8.66. The summed E-state index contributed by atoms with van der Waals surface area (Å²) in [6.45, 7) is 4.37. The molecule has 2 atom stereocenters. The van der Waals surface area contributed by atoms with Crippen molar-refractivity contribution in [3.05, 3.63) is 132 Å². The molecule has 0 aliphatic heterocycles. The molecule has 2 amide bonds. The predicted molar refractivity (Wildman–Crippen MR) is 168 cm³/mol. The van der Waals surface area contributed by atoms with Gasteiger partial charge in [-0.3, -0.25) is 9.59 Å². The molecule has 0 spiro atoms. The molecule has 0 bridgehead atoms. The van der Waals surface area contributed by atoms with Crippen LogP contribution in [0.15, 0.2) is 102 Å². The van der Waals surface area contributed by atoms with Gasteiger partial charge in [0, 0.05) is 5.56 Å². The normalized spacial score (nSPS) is 11.8. The summed E-state index contributed by atoms with van der Waals surface area (Å²) in [6, 6.07) is 24.6.